The Balaban J connectivity index is 2.27. The van der Waals surface area contributed by atoms with E-state index < -0.39 is 0 Å². The summed E-state index contributed by atoms with van der Waals surface area (Å²) in [5.41, 5.74) is 7.56. The van der Waals surface area contributed by atoms with Gasteiger partial charge in [-0.25, -0.2) is 0 Å². The Bertz CT molecular complexity index is 308. The van der Waals surface area contributed by atoms with E-state index >= 15 is 0 Å². The lowest BCUT2D eigenvalue weighted by atomic mass is 9.79. The van der Waals surface area contributed by atoms with Crippen molar-refractivity contribution in [2.45, 2.75) is 30.7 Å². The van der Waals surface area contributed by atoms with Crippen LogP contribution in [0.3, 0.4) is 0 Å². The normalized spacial score (nSPS) is 30.7. The molecule has 2 N–H and O–H groups in total. The smallest absolute Gasteiger partial charge is 0.0559 e. The van der Waals surface area contributed by atoms with E-state index in [9.17, 15) is 0 Å². The van der Waals surface area contributed by atoms with E-state index in [1.807, 2.05) is 0 Å². The van der Waals surface area contributed by atoms with Gasteiger partial charge in [-0.1, -0.05) is 30.3 Å². The van der Waals surface area contributed by atoms with Crippen LogP contribution in [0.25, 0.3) is 0 Å². The standard InChI is InChI=1S/C13H19NO/c1-15-10-13(8-7-12(14)9-13)11-5-3-2-4-6-11/h2-6,12H,7-10,14H2,1H3/t12-,13+/m0/s1. The second-order valence-corrected chi connectivity index (χ2v) is 4.58. The van der Waals surface area contributed by atoms with Crippen LogP contribution >= 0.6 is 0 Å². The third kappa shape index (κ3) is 2.06. The molecule has 1 aliphatic carbocycles. The van der Waals surface area contributed by atoms with Crippen molar-refractivity contribution in [3.8, 4) is 0 Å². The number of methoxy groups -OCH3 is 1. The predicted octanol–water partition coefficient (Wildman–Crippen LogP) is 2.08. The Morgan fingerprint density at radius 1 is 1.40 bits per heavy atom. The minimum absolute atomic E-state index is 0.162. The average Bonchev–Trinajstić information content (AvgIpc) is 2.63. The molecule has 0 saturated heterocycles. The highest BCUT2D eigenvalue weighted by Crippen LogP contribution is 2.40. The summed E-state index contributed by atoms with van der Waals surface area (Å²) in [6.45, 7) is 0.782. The molecule has 1 aliphatic rings. The molecule has 0 radical (unpaired) electrons. The maximum atomic E-state index is 6.02. The van der Waals surface area contributed by atoms with Crippen LogP contribution in [0.15, 0.2) is 30.3 Å². The summed E-state index contributed by atoms with van der Waals surface area (Å²) in [5.74, 6) is 0. The van der Waals surface area contributed by atoms with Crippen LogP contribution in [0.2, 0.25) is 0 Å². The first-order valence-corrected chi connectivity index (χ1v) is 5.57. The van der Waals surface area contributed by atoms with Crippen molar-refractivity contribution in [1.29, 1.82) is 0 Å². The third-order valence-electron chi connectivity index (χ3n) is 3.45. The lowest BCUT2D eigenvalue weighted by molar-refractivity contribution is 0.131. The molecule has 1 saturated carbocycles. The maximum absolute atomic E-state index is 6.02. The van der Waals surface area contributed by atoms with Crippen LogP contribution in [-0.4, -0.2) is 19.8 Å². The van der Waals surface area contributed by atoms with Gasteiger partial charge in [0.25, 0.3) is 0 Å². The Hall–Kier alpha value is -0.860. The fourth-order valence-electron chi connectivity index (χ4n) is 2.71. The fraction of sp³-hybridized carbons (Fsp3) is 0.538. The predicted molar refractivity (Wildman–Crippen MR) is 61.8 cm³/mol. The average molecular weight is 205 g/mol. The van der Waals surface area contributed by atoms with Gasteiger partial charge in [0.05, 0.1) is 6.61 Å². The molecule has 0 spiro atoms. The van der Waals surface area contributed by atoms with E-state index in [0.717, 1.165) is 25.9 Å². The molecule has 0 aromatic heterocycles. The molecule has 1 fully saturated rings. The number of hydrogen-bond donors (Lipinski definition) is 1. The van der Waals surface area contributed by atoms with Crippen LogP contribution in [0.4, 0.5) is 0 Å². The second-order valence-electron chi connectivity index (χ2n) is 4.58. The summed E-state index contributed by atoms with van der Waals surface area (Å²) < 4.78 is 5.38. The fourth-order valence-corrected chi connectivity index (χ4v) is 2.71. The summed E-state index contributed by atoms with van der Waals surface area (Å²) >= 11 is 0. The highest BCUT2D eigenvalue weighted by Gasteiger charge is 2.39. The van der Waals surface area contributed by atoms with E-state index in [2.05, 4.69) is 30.3 Å². The van der Waals surface area contributed by atoms with Crippen LogP contribution in [0, 0.1) is 0 Å². The first-order valence-electron chi connectivity index (χ1n) is 5.57. The first-order chi connectivity index (χ1) is 7.27. The largest absolute Gasteiger partial charge is 0.384 e. The van der Waals surface area contributed by atoms with Crippen LogP contribution < -0.4 is 5.73 Å². The van der Waals surface area contributed by atoms with E-state index in [0.29, 0.717) is 6.04 Å². The van der Waals surface area contributed by atoms with E-state index in [1.54, 1.807) is 7.11 Å². The third-order valence-corrected chi connectivity index (χ3v) is 3.45. The second kappa shape index (κ2) is 4.33. The Morgan fingerprint density at radius 3 is 2.67 bits per heavy atom. The summed E-state index contributed by atoms with van der Waals surface area (Å²) in [5, 5.41) is 0. The summed E-state index contributed by atoms with van der Waals surface area (Å²) in [6, 6.07) is 11.0. The molecule has 1 aromatic rings. The number of ether oxygens (including phenoxy) is 1. The van der Waals surface area contributed by atoms with Gasteiger partial charge in [0.1, 0.15) is 0 Å². The number of hydrogen-bond acceptors (Lipinski definition) is 2. The lowest BCUT2D eigenvalue weighted by Crippen LogP contribution is -2.30. The summed E-state index contributed by atoms with van der Waals surface area (Å²) in [7, 11) is 1.77. The molecule has 0 unspecified atom stereocenters. The summed E-state index contributed by atoms with van der Waals surface area (Å²) in [4.78, 5) is 0. The molecule has 2 atom stereocenters. The van der Waals surface area contributed by atoms with Crippen molar-refractivity contribution in [1.82, 2.24) is 0 Å². The van der Waals surface area contributed by atoms with Gasteiger partial charge in [-0.2, -0.15) is 0 Å². The minimum Gasteiger partial charge on any atom is -0.384 e. The van der Waals surface area contributed by atoms with E-state index in [1.165, 1.54) is 5.56 Å². The number of nitrogens with two attached hydrogens (primary N) is 1. The molecule has 0 heterocycles. The minimum atomic E-state index is 0.162. The number of rotatable bonds is 3. The highest BCUT2D eigenvalue weighted by molar-refractivity contribution is 5.27. The Kier molecular flexibility index (Phi) is 3.08. The van der Waals surface area contributed by atoms with Crippen molar-refractivity contribution in [3.05, 3.63) is 35.9 Å². The Morgan fingerprint density at radius 2 is 2.13 bits per heavy atom. The quantitative estimate of drug-likeness (QED) is 0.820. The van der Waals surface area contributed by atoms with Crippen molar-refractivity contribution in [2.24, 2.45) is 5.73 Å². The van der Waals surface area contributed by atoms with E-state index in [-0.39, 0.29) is 5.41 Å². The molecule has 82 valence electrons. The van der Waals surface area contributed by atoms with Gasteiger partial charge < -0.3 is 10.5 Å². The Labute approximate surface area is 91.4 Å². The first kappa shape index (κ1) is 10.7. The van der Waals surface area contributed by atoms with Gasteiger partial charge in [-0.05, 0) is 24.8 Å². The zero-order valence-electron chi connectivity index (χ0n) is 9.28. The monoisotopic (exact) mass is 205 g/mol. The lowest BCUT2D eigenvalue weighted by Gasteiger charge is -2.29. The SMILES string of the molecule is COC[C@@]1(c2ccccc2)CC[C@H](N)C1. The maximum Gasteiger partial charge on any atom is 0.0559 e. The van der Waals surface area contributed by atoms with Gasteiger partial charge in [0.2, 0.25) is 0 Å². The topological polar surface area (TPSA) is 35.2 Å². The van der Waals surface area contributed by atoms with Crippen LogP contribution in [-0.2, 0) is 10.2 Å². The van der Waals surface area contributed by atoms with Gasteiger partial charge in [-0.3, -0.25) is 0 Å². The van der Waals surface area contributed by atoms with Gasteiger partial charge in [-0.15, -0.1) is 0 Å². The molecule has 2 nitrogen and oxygen atoms in total. The number of benzene rings is 1. The van der Waals surface area contributed by atoms with Gasteiger partial charge >= 0.3 is 0 Å². The van der Waals surface area contributed by atoms with Crippen molar-refractivity contribution >= 4 is 0 Å². The van der Waals surface area contributed by atoms with Crippen LogP contribution in [0.5, 0.6) is 0 Å². The molecule has 0 bridgehead atoms. The highest BCUT2D eigenvalue weighted by atomic mass is 16.5. The zero-order valence-corrected chi connectivity index (χ0v) is 9.28. The molecular formula is C13H19NO. The molecule has 0 aliphatic heterocycles. The summed E-state index contributed by atoms with van der Waals surface area (Å²) in [6.07, 6.45) is 3.30. The molecule has 1 aromatic carbocycles. The molecule has 2 heteroatoms. The molecular weight excluding hydrogens is 186 g/mol. The molecule has 2 rings (SSSR count). The van der Waals surface area contributed by atoms with E-state index in [4.69, 9.17) is 10.5 Å². The van der Waals surface area contributed by atoms with Crippen molar-refractivity contribution in [2.75, 3.05) is 13.7 Å². The van der Waals surface area contributed by atoms with Gasteiger partial charge in [0, 0.05) is 18.6 Å². The molecule has 0 amide bonds. The van der Waals surface area contributed by atoms with Gasteiger partial charge in [0.15, 0.2) is 0 Å². The van der Waals surface area contributed by atoms with Crippen molar-refractivity contribution < 1.29 is 4.74 Å². The molecule has 15 heavy (non-hydrogen) atoms. The van der Waals surface area contributed by atoms with Crippen molar-refractivity contribution in [3.63, 3.8) is 0 Å². The zero-order chi connectivity index (χ0) is 10.7. The van der Waals surface area contributed by atoms with Crippen LogP contribution in [0.1, 0.15) is 24.8 Å².